The minimum atomic E-state index is -0.403. The normalized spacial score (nSPS) is 10.8. The molecule has 0 saturated heterocycles. The minimum absolute atomic E-state index is 0.0434. The van der Waals surface area contributed by atoms with Crippen molar-refractivity contribution in [1.29, 1.82) is 0 Å². The van der Waals surface area contributed by atoms with E-state index in [0.29, 0.717) is 11.1 Å². The zero-order valence-corrected chi connectivity index (χ0v) is 12.5. The molecule has 3 aromatic rings. The first-order valence-corrected chi connectivity index (χ1v) is 7.12. The largest absolute Gasteiger partial charge is 0.292 e. The van der Waals surface area contributed by atoms with Crippen molar-refractivity contribution in [1.82, 2.24) is 9.97 Å². The van der Waals surface area contributed by atoms with E-state index in [4.69, 9.17) is 0 Å². The molecule has 0 unspecified atom stereocenters. The Morgan fingerprint density at radius 3 is 2.71 bits per heavy atom. The SMILES string of the molecule is O=C(Cc1cc(Br)ccc1F)c1cnc2ccccc2n1. The first-order chi connectivity index (χ1) is 10.1. The van der Waals surface area contributed by atoms with Gasteiger partial charge in [0.05, 0.1) is 17.2 Å². The Hall–Kier alpha value is -2.14. The van der Waals surface area contributed by atoms with E-state index in [1.54, 1.807) is 18.2 Å². The Morgan fingerprint density at radius 1 is 1.14 bits per heavy atom. The highest BCUT2D eigenvalue weighted by Gasteiger charge is 2.13. The molecule has 0 aliphatic rings. The molecule has 0 spiro atoms. The number of fused-ring (bicyclic) bond motifs is 1. The molecule has 0 atom stereocenters. The number of halogens is 2. The van der Waals surface area contributed by atoms with E-state index in [1.165, 1.54) is 12.3 Å². The van der Waals surface area contributed by atoms with Crippen LogP contribution >= 0.6 is 15.9 Å². The van der Waals surface area contributed by atoms with Crippen LogP contribution in [0.5, 0.6) is 0 Å². The number of rotatable bonds is 3. The molecule has 0 fully saturated rings. The lowest BCUT2D eigenvalue weighted by Gasteiger charge is -2.04. The summed E-state index contributed by atoms with van der Waals surface area (Å²) in [6, 6.07) is 11.8. The number of ketones is 1. The number of benzene rings is 2. The van der Waals surface area contributed by atoms with Gasteiger partial charge < -0.3 is 0 Å². The smallest absolute Gasteiger partial charge is 0.187 e. The van der Waals surface area contributed by atoms with Crippen LogP contribution in [0.25, 0.3) is 11.0 Å². The van der Waals surface area contributed by atoms with Crippen LogP contribution in [-0.4, -0.2) is 15.8 Å². The fourth-order valence-electron chi connectivity index (χ4n) is 2.03. The van der Waals surface area contributed by atoms with Gasteiger partial charge in [-0.2, -0.15) is 0 Å². The summed E-state index contributed by atoms with van der Waals surface area (Å²) in [4.78, 5) is 20.7. The minimum Gasteiger partial charge on any atom is -0.292 e. The second-order valence-electron chi connectivity index (χ2n) is 4.58. The molecule has 104 valence electrons. The van der Waals surface area contributed by atoms with E-state index in [1.807, 2.05) is 18.2 Å². The molecule has 5 heteroatoms. The standard InChI is InChI=1S/C16H10BrFN2O/c17-11-5-6-12(18)10(7-11)8-16(21)15-9-19-13-3-1-2-4-14(13)20-15/h1-7,9H,8H2. The van der Waals surface area contributed by atoms with E-state index < -0.39 is 5.82 Å². The summed E-state index contributed by atoms with van der Waals surface area (Å²) in [6.45, 7) is 0. The van der Waals surface area contributed by atoms with Gasteiger partial charge in [-0.15, -0.1) is 0 Å². The van der Waals surface area contributed by atoms with E-state index in [0.717, 1.165) is 9.99 Å². The first kappa shape index (κ1) is 13.8. The third-order valence-electron chi connectivity index (χ3n) is 3.09. The summed E-state index contributed by atoms with van der Waals surface area (Å²) >= 11 is 3.27. The predicted octanol–water partition coefficient (Wildman–Crippen LogP) is 3.96. The Kier molecular flexibility index (Phi) is 3.75. The number of hydrogen-bond donors (Lipinski definition) is 0. The average Bonchev–Trinajstić information content (AvgIpc) is 2.50. The Morgan fingerprint density at radius 2 is 1.90 bits per heavy atom. The Bertz CT molecular complexity index is 835. The summed E-state index contributed by atoms with van der Waals surface area (Å²) in [7, 11) is 0. The molecule has 1 aromatic heterocycles. The maximum Gasteiger partial charge on any atom is 0.187 e. The highest BCUT2D eigenvalue weighted by atomic mass is 79.9. The fourth-order valence-corrected chi connectivity index (χ4v) is 2.44. The van der Waals surface area contributed by atoms with Gasteiger partial charge in [0.2, 0.25) is 0 Å². The van der Waals surface area contributed by atoms with Crippen molar-refractivity contribution in [3.8, 4) is 0 Å². The van der Waals surface area contributed by atoms with Gasteiger partial charge in [-0.1, -0.05) is 28.1 Å². The molecule has 3 rings (SSSR count). The summed E-state index contributed by atoms with van der Waals surface area (Å²) in [5.41, 5.74) is 1.96. The van der Waals surface area contributed by atoms with Gasteiger partial charge in [-0.05, 0) is 35.9 Å². The summed E-state index contributed by atoms with van der Waals surface area (Å²) in [6.07, 6.45) is 1.39. The number of nitrogens with zero attached hydrogens (tertiary/aromatic N) is 2. The van der Waals surface area contributed by atoms with Crippen LogP contribution < -0.4 is 0 Å². The van der Waals surface area contributed by atoms with Gasteiger partial charge >= 0.3 is 0 Å². The lowest BCUT2D eigenvalue weighted by atomic mass is 10.1. The predicted molar refractivity (Wildman–Crippen MR) is 81.7 cm³/mol. The third kappa shape index (κ3) is 2.97. The zero-order valence-electron chi connectivity index (χ0n) is 10.9. The number of carbonyl (C=O) groups excluding carboxylic acids is 1. The number of aromatic nitrogens is 2. The van der Waals surface area contributed by atoms with Crippen LogP contribution in [0.4, 0.5) is 4.39 Å². The van der Waals surface area contributed by atoms with Gasteiger partial charge in [-0.3, -0.25) is 9.78 Å². The molecule has 0 bridgehead atoms. The second-order valence-corrected chi connectivity index (χ2v) is 5.50. The van der Waals surface area contributed by atoms with Gasteiger partial charge in [-0.25, -0.2) is 9.37 Å². The van der Waals surface area contributed by atoms with Crippen LogP contribution in [0, 0.1) is 5.82 Å². The number of para-hydroxylation sites is 2. The molecule has 0 radical (unpaired) electrons. The van der Waals surface area contributed by atoms with Gasteiger partial charge in [0, 0.05) is 10.9 Å². The van der Waals surface area contributed by atoms with Gasteiger partial charge in [0.1, 0.15) is 11.5 Å². The topological polar surface area (TPSA) is 42.9 Å². The van der Waals surface area contributed by atoms with Crippen LogP contribution in [0.1, 0.15) is 16.1 Å². The molecule has 0 amide bonds. The lowest BCUT2D eigenvalue weighted by molar-refractivity contribution is 0.0987. The number of carbonyl (C=O) groups is 1. The highest BCUT2D eigenvalue weighted by Crippen LogP contribution is 2.17. The highest BCUT2D eigenvalue weighted by molar-refractivity contribution is 9.10. The number of hydrogen-bond acceptors (Lipinski definition) is 3. The summed E-state index contributed by atoms with van der Waals surface area (Å²) < 4.78 is 14.4. The van der Waals surface area contributed by atoms with Gasteiger partial charge in [0.25, 0.3) is 0 Å². The van der Waals surface area contributed by atoms with Crippen LogP contribution in [0.2, 0.25) is 0 Å². The molecule has 2 aromatic carbocycles. The summed E-state index contributed by atoms with van der Waals surface area (Å²) in [5, 5.41) is 0. The van der Waals surface area contributed by atoms with Crippen molar-refractivity contribution in [3.05, 3.63) is 70.2 Å². The summed E-state index contributed by atoms with van der Waals surface area (Å²) in [5.74, 6) is -0.662. The fraction of sp³-hybridized carbons (Fsp3) is 0.0625. The van der Waals surface area contributed by atoms with Crippen molar-refractivity contribution in [3.63, 3.8) is 0 Å². The van der Waals surface area contributed by atoms with Crippen molar-refractivity contribution in [2.75, 3.05) is 0 Å². The quantitative estimate of drug-likeness (QED) is 0.675. The van der Waals surface area contributed by atoms with Crippen LogP contribution in [-0.2, 0) is 6.42 Å². The number of Topliss-reactive ketones (excluding diaryl/α,β-unsaturated/α-hetero) is 1. The van der Waals surface area contributed by atoms with Crippen LogP contribution in [0.15, 0.2) is 53.1 Å². The zero-order chi connectivity index (χ0) is 14.8. The Balaban J connectivity index is 1.91. The van der Waals surface area contributed by atoms with E-state index in [9.17, 15) is 9.18 Å². The molecular weight excluding hydrogens is 335 g/mol. The van der Waals surface area contributed by atoms with E-state index >= 15 is 0 Å². The van der Waals surface area contributed by atoms with Crippen molar-refractivity contribution < 1.29 is 9.18 Å². The average molecular weight is 345 g/mol. The molecular formula is C16H10BrFN2O. The lowest BCUT2D eigenvalue weighted by Crippen LogP contribution is -2.08. The monoisotopic (exact) mass is 344 g/mol. The molecule has 1 heterocycles. The maximum absolute atomic E-state index is 13.7. The van der Waals surface area contributed by atoms with E-state index in [-0.39, 0.29) is 17.9 Å². The molecule has 0 saturated carbocycles. The molecule has 0 aliphatic carbocycles. The Labute approximate surface area is 129 Å². The van der Waals surface area contributed by atoms with Gasteiger partial charge in [0.15, 0.2) is 5.78 Å². The van der Waals surface area contributed by atoms with Crippen molar-refractivity contribution in [2.24, 2.45) is 0 Å². The molecule has 0 aliphatic heterocycles. The first-order valence-electron chi connectivity index (χ1n) is 6.32. The van der Waals surface area contributed by atoms with Crippen LogP contribution in [0.3, 0.4) is 0 Å². The maximum atomic E-state index is 13.7. The molecule has 21 heavy (non-hydrogen) atoms. The molecule has 3 nitrogen and oxygen atoms in total. The third-order valence-corrected chi connectivity index (χ3v) is 3.59. The van der Waals surface area contributed by atoms with E-state index in [2.05, 4.69) is 25.9 Å². The molecule has 0 N–H and O–H groups in total. The van der Waals surface area contributed by atoms with Crippen molar-refractivity contribution in [2.45, 2.75) is 6.42 Å². The second kappa shape index (κ2) is 5.69. The van der Waals surface area contributed by atoms with Crippen molar-refractivity contribution >= 4 is 32.7 Å².